The summed E-state index contributed by atoms with van der Waals surface area (Å²) in [5, 5.41) is 2.95. The molecule has 1 aliphatic rings. The molecule has 0 saturated carbocycles. The van der Waals surface area contributed by atoms with Gasteiger partial charge in [0.1, 0.15) is 0 Å². The second-order valence-corrected chi connectivity index (χ2v) is 7.14. The van der Waals surface area contributed by atoms with Crippen molar-refractivity contribution in [2.24, 2.45) is 5.92 Å². The van der Waals surface area contributed by atoms with Gasteiger partial charge in [0.05, 0.1) is 9.21 Å². The molecular formula is C14H20ClN3O2S. The standard InChI is InChI=1S/C14H20ClN3O2S/c1-17(2)14(20)18-7-5-10(6-8-18)9-16-13(19)11-3-4-12(15)21-11/h3-4,10H,5-9H2,1-2H3,(H,16,19). The summed E-state index contributed by atoms with van der Waals surface area (Å²) in [4.78, 5) is 27.9. The van der Waals surface area contributed by atoms with E-state index in [0.717, 1.165) is 25.9 Å². The number of piperidine rings is 1. The Bertz CT molecular complexity index is 510. The van der Waals surface area contributed by atoms with Crippen LogP contribution in [0.3, 0.4) is 0 Å². The minimum atomic E-state index is -0.0707. The van der Waals surface area contributed by atoms with Crippen molar-refractivity contribution in [1.29, 1.82) is 0 Å². The van der Waals surface area contributed by atoms with Gasteiger partial charge >= 0.3 is 6.03 Å². The van der Waals surface area contributed by atoms with Crippen LogP contribution in [0.15, 0.2) is 12.1 Å². The van der Waals surface area contributed by atoms with Crippen molar-refractivity contribution in [3.05, 3.63) is 21.3 Å². The number of hydrogen-bond acceptors (Lipinski definition) is 3. The minimum Gasteiger partial charge on any atom is -0.351 e. The second-order valence-electron chi connectivity index (χ2n) is 5.42. The third kappa shape index (κ3) is 4.35. The Morgan fingerprint density at radius 3 is 2.57 bits per heavy atom. The number of nitrogens with one attached hydrogen (secondary N) is 1. The van der Waals surface area contributed by atoms with E-state index in [0.29, 0.717) is 21.7 Å². The number of hydrogen-bond donors (Lipinski definition) is 1. The fourth-order valence-corrected chi connectivity index (χ4v) is 3.33. The Labute approximate surface area is 133 Å². The van der Waals surface area contributed by atoms with Crippen molar-refractivity contribution in [2.75, 3.05) is 33.7 Å². The fourth-order valence-electron chi connectivity index (χ4n) is 2.37. The van der Waals surface area contributed by atoms with E-state index in [-0.39, 0.29) is 11.9 Å². The summed E-state index contributed by atoms with van der Waals surface area (Å²) in [6.07, 6.45) is 1.84. The summed E-state index contributed by atoms with van der Waals surface area (Å²) in [6.45, 7) is 2.16. The number of carbonyl (C=O) groups excluding carboxylic acids is 2. The number of urea groups is 1. The quantitative estimate of drug-likeness (QED) is 0.926. The summed E-state index contributed by atoms with van der Waals surface area (Å²) in [5.41, 5.74) is 0. The van der Waals surface area contributed by atoms with Crippen LogP contribution in [0.5, 0.6) is 0 Å². The minimum absolute atomic E-state index is 0.0608. The molecular weight excluding hydrogens is 310 g/mol. The molecule has 2 rings (SSSR count). The van der Waals surface area contributed by atoms with Crippen LogP contribution < -0.4 is 5.32 Å². The van der Waals surface area contributed by atoms with Crippen LogP contribution in [0.25, 0.3) is 0 Å². The lowest BCUT2D eigenvalue weighted by Crippen LogP contribution is -2.45. The molecule has 0 bridgehead atoms. The zero-order chi connectivity index (χ0) is 15.4. The van der Waals surface area contributed by atoms with Crippen molar-refractivity contribution < 1.29 is 9.59 Å². The highest BCUT2D eigenvalue weighted by molar-refractivity contribution is 7.17. The molecule has 0 aliphatic carbocycles. The lowest BCUT2D eigenvalue weighted by molar-refractivity contribution is 0.0939. The van der Waals surface area contributed by atoms with Gasteiger partial charge in [0, 0.05) is 33.7 Å². The first kappa shape index (κ1) is 16.1. The maximum atomic E-state index is 11.9. The van der Waals surface area contributed by atoms with Crippen molar-refractivity contribution in [1.82, 2.24) is 15.1 Å². The van der Waals surface area contributed by atoms with E-state index in [1.54, 1.807) is 31.1 Å². The predicted molar refractivity (Wildman–Crippen MR) is 85.0 cm³/mol. The van der Waals surface area contributed by atoms with Gasteiger partial charge in [-0.15, -0.1) is 11.3 Å². The lowest BCUT2D eigenvalue weighted by atomic mass is 9.97. The van der Waals surface area contributed by atoms with Gasteiger partial charge in [0.25, 0.3) is 5.91 Å². The second kappa shape index (κ2) is 7.13. The number of halogens is 1. The normalized spacial score (nSPS) is 15.9. The summed E-state index contributed by atoms with van der Waals surface area (Å²) < 4.78 is 0.621. The largest absolute Gasteiger partial charge is 0.351 e. The molecule has 0 radical (unpaired) electrons. The van der Waals surface area contributed by atoms with Gasteiger partial charge in [0.2, 0.25) is 0 Å². The molecule has 1 N–H and O–H groups in total. The molecule has 0 aromatic carbocycles. The summed E-state index contributed by atoms with van der Waals surface area (Å²) >= 11 is 7.11. The molecule has 1 aromatic rings. The van der Waals surface area contributed by atoms with E-state index in [9.17, 15) is 9.59 Å². The molecule has 21 heavy (non-hydrogen) atoms. The molecule has 7 heteroatoms. The molecule has 3 amide bonds. The van der Waals surface area contributed by atoms with E-state index >= 15 is 0 Å². The van der Waals surface area contributed by atoms with Crippen LogP contribution in [0, 0.1) is 5.92 Å². The number of rotatable bonds is 3. The zero-order valence-corrected chi connectivity index (χ0v) is 13.8. The highest BCUT2D eigenvalue weighted by atomic mass is 35.5. The van der Waals surface area contributed by atoms with Crippen molar-refractivity contribution in [2.45, 2.75) is 12.8 Å². The van der Waals surface area contributed by atoms with Gasteiger partial charge in [-0.05, 0) is 30.9 Å². The van der Waals surface area contributed by atoms with Crippen LogP contribution in [-0.2, 0) is 0 Å². The maximum Gasteiger partial charge on any atom is 0.319 e. The van der Waals surface area contributed by atoms with Crippen LogP contribution >= 0.6 is 22.9 Å². The van der Waals surface area contributed by atoms with E-state index in [4.69, 9.17) is 11.6 Å². The Morgan fingerprint density at radius 1 is 1.38 bits per heavy atom. The third-order valence-corrected chi connectivity index (χ3v) is 4.85. The monoisotopic (exact) mass is 329 g/mol. The Kier molecular flexibility index (Phi) is 5.47. The van der Waals surface area contributed by atoms with Gasteiger partial charge in [-0.1, -0.05) is 11.6 Å². The highest BCUT2D eigenvalue weighted by Crippen LogP contribution is 2.22. The number of likely N-dealkylation sites (tertiary alicyclic amines) is 1. The maximum absolute atomic E-state index is 11.9. The molecule has 5 nitrogen and oxygen atoms in total. The Hall–Kier alpha value is -1.27. The molecule has 0 unspecified atom stereocenters. The average molecular weight is 330 g/mol. The number of carbonyl (C=O) groups is 2. The summed E-state index contributed by atoms with van der Waals surface area (Å²) in [7, 11) is 3.53. The molecule has 0 atom stereocenters. The van der Waals surface area contributed by atoms with Crippen LogP contribution in [-0.4, -0.2) is 55.5 Å². The molecule has 1 aliphatic heterocycles. The summed E-state index contributed by atoms with van der Waals surface area (Å²) in [5.74, 6) is 0.356. The number of thiophene rings is 1. The van der Waals surface area contributed by atoms with Gasteiger partial charge in [-0.25, -0.2) is 4.79 Å². The van der Waals surface area contributed by atoms with Crippen molar-refractivity contribution in [3.63, 3.8) is 0 Å². The molecule has 1 saturated heterocycles. The van der Waals surface area contributed by atoms with Gasteiger partial charge in [-0.2, -0.15) is 0 Å². The average Bonchev–Trinajstić information content (AvgIpc) is 2.91. The third-order valence-electron chi connectivity index (χ3n) is 3.62. The van der Waals surface area contributed by atoms with Crippen molar-refractivity contribution >= 4 is 34.9 Å². The van der Waals surface area contributed by atoms with E-state index < -0.39 is 0 Å². The van der Waals surface area contributed by atoms with Gasteiger partial charge in [-0.3, -0.25) is 4.79 Å². The van der Waals surface area contributed by atoms with E-state index in [1.807, 2.05) is 4.90 Å². The van der Waals surface area contributed by atoms with E-state index in [1.165, 1.54) is 11.3 Å². The first-order valence-electron chi connectivity index (χ1n) is 6.97. The predicted octanol–water partition coefficient (Wildman–Crippen LogP) is 2.52. The van der Waals surface area contributed by atoms with Crippen molar-refractivity contribution in [3.8, 4) is 0 Å². The lowest BCUT2D eigenvalue weighted by Gasteiger charge is -2.33. The molecule has 0 spiro atoms. The molecule has 1 fully saturated rings. The van der Waals surface area contributed by atoms with Crippen LogP contribution in [0.2, 0.25) is 4.34 Å². The smallest absolute Gasteiger partial charge is 0.319 e. The first-order valence-corrected chi connectivity index (χ1v) is 8.16. The van der Waals surface area contributed by atoms with Gasteiger partial charge < -0.3 is 15.1 Å². The number of nitrogens with zero attached hydrogens (tertiary/aromatic N) is 2. The Morgan fingerprint density at radius 2 is 2.05 bits per heavy atom. The highest BCUT2D eigenvalue weighted by Gasteiger charge is 2.24. The van der Waals surface area contributed by atoms with E-state index in [2.05, 4.69) is 5.32 Å². The van der Waals surface area contributed by atoms with Gasteiger partial charge in [0.15, 0.2) is 0 Å². The topological polar surface area (TPSA) is 52.7 Å². The SMILES string of the molecule is CN(C)C(=O)N1CCC(CNC(=O)c2ccc(Cl)s2)CC1. The Balaban J connectivity index is 1.74. The first-order chi connectivity index (χ1) is 9.97. The fraction of sp³-hybridized carbons (Fsp3) is 0.571. The molecule has 116 valence electrons. The molecule has 1 aromatic heterocycles. The number of amides is 3. The zero-order valence-electron chi connectivity index (χ0n) is 12.3. The van der Waals surface area contributed by atoms with Crippen LogP contribution in [0.4, 0.5) is 4.79 Å². The van der Waals surface area contributed by atoms with Crippen LogP contribution in [0.1, 0.15) is 22.5 Å². The summed E-state index contributed by atoms with van der Waals surface area (Å²) in [6, 6.07) is 3.53. The molecule has 2 heterocycles.